The molecule has 3 aromatic rings. The van der Waals surface area contributed by atoms with Gasteiger partial charge >= 0.3 is 0 Å². The second kappa shape index (κ2) is 5.38. The zero-order valence-electron chi connectivity index (χ0n) is 12.4. The van der Waals surface area contributed by atoms with Gasteiger partial charge in [0.1, 0.15) is 0 Å². The lowest BCUT2D eigenvalue weighted by Gasteiger charge is -2.13. The highest BCUT2D eigenvalue weighted by molar-refractivity contribution is 5.55. The molecule has 0 saturated carbocycles. The van der Waals surface area contributed by atoms with E-state index < -0.39 is 0 Å². The maximum atomic E-state index is 5.44. The van der Waals surface area contributed by atoms with Gasteiger partial charge in [-0.2, -0.15) is 10.1 Å². The molecule has 1 aliphatic heterocycles. The molecule has 4 rings (SSSR count). The fourth-order valence-corrected chi connectivity index (χ4v) is 2.89. The Morgan fingerprint density at radius 3 is 3.00 bits per heavy atom. The van der Waals surface area contributed by atoms with Gasteiger partial charge in [0, 0.05) is 44.2 Å². The van der Waals surface area contributed by atoms with Crippen LogP contribution in [0, 0.1) is 0 Å². The molecule has 112 valence electrons. The summed E-state index contributed by atoms with van der Waals surface area (Å²) in [7, 11) is 1.97. The Bertz CT molecular complexity index is 790. The topological polar surface area (TPSA) is 68.8 Å². The molecule has 0 spiro atoms. The van der Waals surface area contributed by atoms with E-state index in [1.165, 1.54) is 16.8 Å². The van der Waals surface area contributed by atoms with Crippen molar-refractivity contribution in [1.29, 1.82) is 0 Å². The van der Waals surface area contributed by atoms with Gasteiger partial charge < -0.3 is 9.84 Å². The monoisotopic (exact) mass is 295 g/mol. The molecule has 1 N–H and O–H groups in total. The van der Waals surface area contributed by atoms with Crippen LogP contribution in [0.15, 0.2) is 34.9 Å². The molecule has 0 radical (unpaired) electrons. The van der Waals surface area contributed by atoms with E-state index in [-0.39, 0.29) is 0 Å². The van der Waals surface area contributed by atoms with E-state index in [1.807, 2.05) is 29.9 Å². The average Bonchev–Trinajstić information content (AvgIpc) is 3.14. The van der Waals surface area contributed by atoms with Crippen LogP contribution in [-0.2, 0) is 26.4 Å². The lowest BCUT2D eigenvalue weighted by Crippen LogP contribution is -2.24. The molecule has 6 nitrogen and oxygen atoms in total. The van der Waals surface area contributed by atoms with Crippen molar-refractivity contribution >= 4 is 0 Å². The highest BCUT2D eigenvalue weighted by Crippen LogP contribution is 2.26. The van der Waals surface area contributed by atoms with Gasteiger partial charge in [-0.1, -0.05) is 35.5 Å². The number of fused-ring (bicyclic) bond motifs is 1. The summed E-state index contributed by atoms with van der Waals surface area (Å²) in [6.07, 6.45) is 1.64. The average molecular weight is 295 g/mol. The normalized spacial score (nSPS) is 14.0. The Morgan fingerprint density at radius 1 is 1.27 bits per heavy atom. The maximum absolute atomic E-state index is 5.44. The van der Waals surface area contributed by atoms with Gasteiger partial charge in [0.25, 0.3) is 5.89 Å². The van der Waals surface area contributed by atoms with Crippen molar-refractivity contribution in [3.05, 3.63) is 53.0 Å². The van der Waals surface area contributed by atoms with Crippen molar-refractivity contribution in [3.8, 4) is 11.6 Å². The summed E-state index contributed by atoms with van der Waals surface area (Å²) in [6.45, 7) is 1.78. The second-order valence-electron chi connectivity index (χ2n) is 5.50. The van der Waals surface area contributed by atoms with Crippen molar-refractivity contribution < 1.29 is 4.52 Å². The Morgan fingerprint density at radius 2 is 2.14 bits per heavy atom. The summed E-state index contributed by atoms with van der Waals surface area (Å²) in [6, 6.07) is 10.1. The summed E-state index contributed by atoms with van der Waals surface area (Å²) >= 11 is 0. The number of hydrogen-bond donors (Lipinski definition) is 1. The van der Waals surface area contributed by atoms with Gasteiger partial charge in [-0.05, 0) is 5.56 Å². The molecule has 0 amide bonds. The lowest BCUT2D eigenvalue weighted by molar-refractivity contribution is 0.421. The molecule has 0 bridgehead atoms. The smallest absolute Gasteiger partial charge is 0.278 e. The summed E-state index contributed by atoms with van der Waals surface area (Å²) < 4.78 is 7.36. The number of nitrogens with zero attached hydrogens (tertiary/aromatic N) is 4. The van der Waals surface area contributed by atoms with Crippen LogP contribution in [0.4, 0.5) is 0 Å². The number of nitrogens with one attached hydrogen (secondary N) is 1. The predicted molar refractivity (Wildman–Crippen MR) is 81.2 cm³/mol. The molecule has 0 fully saturated rings. The van der Waals surface area contributed by atoms with Gasteiger partial charge in [0.05, 0.1) is 0 Å². The van der Waals surface area contributed by atoms with Crippen LogP contribution < -0.4 is 5.32 Å². The van der Waals surface area contributed by atoms with Crippen molar-refractivity contribution in [2.75, 3.05) is 6.54 Å². The molecule has 1 aromatic carbocycles. The van der Waals surface area contributed by atoms with Crippen LogP contribution in [0.25, 0.3) is 11.6 Å². The molecule has 0 unspecified atom stereocenters. The van der Waals surface area contributed by atoms with Gasteiger partial charge in [-0.3, -0.25) is 4.68 Å². The van der Waals surface area contributed by atoms with Gasteiger partial charge in [-0.15, -0.1) is 0 Å². The van der Waals surface area contributed by atoms with Gasteiger partial charge in [0.2, 0.25) is 0 Å². The molecule has 22 heavy (non-hydrogen) atoms. The highest BCUT2D eigenvalue weighted by Gasteiger charge is 2.23. The molecule has 6 heteroatoms. The van der Waals surface area contributed by atoms with Gasteiger partial charge in [-0.25, -0.2) is 0 Å². The number of hydrogen-bond acceptors (Lipinski definition) is 5. The number of aromatic nitrogens is 4. The molecular weight excluding hydrogens is 278 g/mol. The third-order valence-corrected chi connectivity index (χ3v) is 3.99. The van der Waals surface area contributed by atoms with E-state index in [9.17, 15) is 0 Å². The lowest BCUT2D eigenvalue weighted by atomic mass is 10.1. The van der Waals surface area contributed by atoms with Crippen LogP contribution in [-0.4, -0.2) is 26.5 Å². The van der Waals surface area contributed by atoms with E-state index in [0.717, 1.165) is 25.2 Å². The summed E-state index contributed by atoms with van der Waals surface area (Å²) in [5, 5.41) is 12.0. The fourth-order valence-electron chi connectivity index (χ4n) is 2.89. The van der Waals surface area contributed by atoms with E-state index in [2.05, 4.69) is 32.7 Å². The summed E-state index contributed by atoms with van der Waals surface area (Å²) in [5.74, 6) is 1.19. The Kier molecular flexibility index (Phi) is 3.23. The Hall–Kier alpha value is -2.47. The second-order valence-corrected chi connectivity index (χ2v) is 5.50. The van der Waals surface area contributed by atoms with Crippen LogP contribution in [0.1, 0.15) is 22.6 Å². The van der Waals surface area contributed by atoms with Crippen molar-refractivity contribution in [2.24, 2.45) is 7.05 Å². The maximum Gasteiger partial charge on any atom is 0.278 e. The van der Waals surface area contributed by atoms with Crippen molar-refractivity contribution in [2.45, 2.75) is 19.4 Å². The minimum atomic E-state index is 0.506. The van der Waals surface area contributed by atoms with Crippen LogP contribution in [0.3, 0.4) is 0 Å². The highest BCUT2D eigenvalue weighted by atomic mass is 16.5. The van der Waals surface area contributed by atoms with Crippen molar-refractivity contribution in [3.63, 3.8) is 0 Å². The molecular formula is C16H17N5O. The van der Waals surface area contributed by atoms with E-state index in [0.29, 0.717) is 18.1 Å². The van der Waals surface area contributed by atoms with E-state index >= 15 is 0 Å². The molecule has 1 aliphatic rings. The molecule has 3 heterocycles. The fraction of sp³-hybridized carbons (Fsp3) is 0.312. The SMILES string of the molecule is Cn1nc(-c2nc(Cc3ccccc3)no2)c2c1CCNC2. The van der Waals surface area contributed by atoms with Crippen molar-refractivity contribution in [1.82, 2.24) is 25.2 Å². The zero-order chi connectivity index (χ0) is 14.9. The Balaban J connectivity index is 1.65. The minimum Gasteiger partial charge on any atom is -0.332 e. The van der Waals surface area contributed by atoms with E-state index in [1.54, 1.807) is 0 Å². The Labute approximate surface area is 128 Å². The first-order valence-electron chi connectivity index (χ1n) is 7.43. The molecule has 0 saturated heterocycles. The van der Waals surface area contributed by atoms with Gasteiger partial charge in [0.15, 0.2) is 11.5 Å². The molecule has 0 atom stereocenters. The minimum absolute atomic E-state index is 0.506. The first-order chi connectivity index (χ1) is 10.8. The zero-order valence-corrected chi connectivity index (χ0v) is 12.4. The quantitative estimate of drug-likeness (QED) is 0.796. The predicted octanol–water partition coefficient (Wildman–Crippen LogP) is 1.71. The number of aryl methyl sites for hydroxylation is 1. The number of rotatable bonds is 3. The van der Waals surface area contributed by atoms with Crippen LogP contribution in [0.2, 0.25) is 0 Å². The third kappa shape index (κ3) is 2.31. The first kappa shape index (κ1) is 13.2. The summed E-state index contributed by atoms with van der Waals surface area (Å²) in [4.78, 5) is 4.52. The van der Waals surface area contributed by atoms with Crippen LogP contribution >= 0.6 is 0 Å². The number of benzene rings is 1. The molecule has 0 aliphatic carbocycles. The largest absolute Gasteiger partial charge is 0.332 e. The standard InChI is InChI=1S/C16H17N5O/c1-21-13-7-8-17-10-12(13)15(19-21)16-18-14(20-22-16)9-11-5-3-2-4-6-11/h2-6,17H,7-10H2,1H3. The molecule has 2 aromatic heterocycles. The first-order valence-corrected chi connectivity index (χ1v) is 7.43. The summed E-state index contributed by atoms with van der Waals surface area (Å²) in [5.41, 5.74) is 4.39. The third-order valence-electron chi connectivity index (χ3n) is 3.99. The van der Waals surface area contributed by atoms with Crippen LogP contribution in [0.5, 0.6) is 0 Å². The van der Waals surface area contributed by atoms with E-state index in [4.69, 9.17) is 4.52 Å².